The van der Waals surface area contributed by atoms with E-state index in [-0.39, 0.29) is 0 Å². The molecule has 1 saturated heterocycles. The average Bonchev–Trinajstić information content (AvgIpc) is 2.57. The Morgan fingerprint density at radius 1 is 0.591 bits per heavy atom. The Hall–Kier alpha value is -2.54. The van der Waals surface area contributed by atoms with Crippen molar-refractivity contribution in [2.24, 2.45) is 0 Å². The summed E-state index contributed by atoms with van der Waals surface area (Å²) in [5, 5.41) is 0. The molecule has 4 rings (SSSR count). The summed E-state index contributed by atoms with van der Waals surface area (Å²) >= 11 is 0. The van der Waals surface area contributed by atoms with Gasteiger partial charge in [-0.05, 0) is 23.3 Å². The molecule has 0 spiro atoms. The van der Waals surface area contributed by atoms with Gasteiger partial charge in [0.2, 0.25) is 0 Å². The van der Waals surface area contributed by atoms with Crippen LogP contribution in [-0.4, -0.2) is 6.54 Å². The summed E-state index contributed by atoms with van der Waals surface area (Å²) in [4.78, 5) is 2.51. The number of nitrogens with zero attached hydrogens (tertiary/aromatic N) is 1. The number of para-hydroxylation sites is 1. The number of anilines is 1. The minimum absolute atomic E-state index is 0.422. The van der Waals surface area contributed by atoms with E-state index >= 15 is 0 Å². The van der Waals surface area contributed by atoms with E-state index in [9.17, 15) is 0 Å². The van der Waals surface area contributed by atoms with Gasteiger partial charge in [-0.1, -0.05) is 78.9 Å². The molecule has 1 heteroatoms. The van der Waals surface area contributed by atoms with Gasteiger partial charge in [0.25, 0.3) is 0 Å². The molecule has 1 fully saturated rings. The molecule has 2 atom stereocenters. The van der Waals surface area contributed by atoms with Crippen LogP contribution in [0.4, 0.5) is 5.69 Å². The molecular weight excluding hydrogens is 266 g/mol. The van der Waals surface area contributed by atoms with E-state index in [2.05, 4.69) is 95.9 Å². The minimum Gasteiger partial charge on any atom is -0.363 e. The quantitative estimate of drug-likeness (QED) is 0.652. The lowest BCUT2D eigenvalue weighted by molar-refractivity contribution is 0.392. The van der Waals surface area contributed by atoms with Crippen molar-refractivity contribution < 1.29 is 0 Å². The van der Waals surface area contributed by atoms with E-state index in [4.69, 9.17) is 0 Å². The molecule has 0 saturated carbocycles. The van der Waals surface area contributed by atoms with Gasteiger partial charge in [0, 0.05) is 18.2 Å². The highest BCUT2D eigenvalue weighted by atomic mass is 15.2. The fourth-order valence-electron chi connectivity index (χ4n) is 3.44. The van der Waals surface area contributed by atoms with Crippen LogP contribution in [0.25, 0.3) is 0 Å². The third-order valence-electron chi connectivity index (χ3n) is 4.57. The molecule has 1 aliphatic heterocycles. The topological polar surface area (TPSA) is 3.24 Å². The van der Waals surface area contributed by atoms with E-state index in [1.54, 1.807) is 0 Å². The maximum absolute atomic E-state index is 2.51. The zero-order chi connectivity index (χ0) is 14.8. The lowest BCUT2D eigenvalue weighted by Gasteiger charge is -2.50. The van der Waals surface area contributed by atoms with Crippen LogP contribution in [0.2, 0.25) is 0 Å². The lowest BCUT2D eigenvalue weighted by Crippen LogP contribution is -2.48. The third-order valence-corrected chi connectivity index (χ3v) is 4.57. The van der Waals surface area contributed by atoms with Crippen LogP contribution in [0, 0.1) is 0 Å². The highest BCUT2D eigenvalue weighted by molar-refractivity contribution is 5.55. The van der Waals surface area contributed by atoms with Crippen LogP contribution in [0.5, 0.6) is 0 Å². The molecule has 0 radical (unpaired) electrons. The summed E-state index contributed by atoms with van der Waals surface area (Å²) in [6.45, 7) is 1.08. The second-order valence-electron chi connectivity index (χ2n) is 5.86. The van der Waals surface area contributed by atoms with Crippen molar-refractivity contribution >= 4 is 5.69 Å². The van der Waals surface area contributed by atoms with Gasteiger partial charge in [0.05, 0.1) is 6.04 Å². The van der Waals surface area contributed by atoms with Crippen molar-refractivity contribution in [3.05, 3.63) is 102 Å². The average molecular weight is 285 g/mol. The van der Waals surface area contributed by atoms with E-state index in [0.29, 0.717) is 12.0 Å². The lowest BCUT2D eigenvalue weighted by atomic mass is 9.78. The van der Waals surface area contributed by atoms with Crippen molar-refractivity contribution in [1.29, 1.82) is 0 Å². The Labute approximate surface area is 131 Å². The molecule has 0 amide bonds. The first-order valence-electron chi connectivity index (χ1n) is 7.85. The van der Waals surface area contributed by atoms with E-state index in [0.717, 1.165) is 6.54 Å². The van der Waals surface area contributed by atoms with Crippen molar-refractivity contribution in [2.45, 2.75) is 12.0 Å². The first kappa shape index (κ1) is 13.1. The van der Waals surface area contributed by atoms with E-state index < -0.39 is 0 Å². The van der Waals surface area contributed by atoms with Crippen molar-refractivity contribution in [3.63, 3.8) is 0 Å². The predicted octanol–water partition coefficient (Wildman–Crippen LogP) is 5.03. The molecule has 0 aromatic heterocycles. The van der Waals surface area contributed by atoms with Crippen LogP contribution in [0.1, 0.15) is 23.1 Å². The molecule has 1 aliphatic rings. The first-order valence-corrected chi connectivity index (χ1v) is 7.85. The van der Waals surface area contributed by atoms with Gasteiger partial charge in [-0.25, -0.2) is 0 Å². The van der Waals surface area contributed by atoms with Crippen molar-refractivity contribution in [1.82, 2.24) is 0 Å². The Bertz CT molecular complexity index is 676. The Balaban J connectivity index is 1.71. The number of hydrogen-bond donors (Lipinski definition) is 0. The standard InChI is InChI=1S/C21H19N/c1-4-10-17(11-5-1)20-16-22(19-14-8-3-9-15-19)21(20)18-12-6-2-7-13-18/h1-15,20-21H,16H2/t20-,21+/m1/s1. The normalized spacial score (nSPS) is 20.5. The monoisotopic (exact) mass is 285 g/mol. The molecule has 0 N–H and O–H groups in total. The van der Waals surface area contributed by atoms with Crippen molar-refractivity contribution in [2.75, 3.05) is 11.4 Å². The number of rotatable bonds is 3. The molecule has 108 valence electrons. The Morgan fingerprint density at radius 3 is 1.68 bits per heavy atom. The molecule has 0 unspecified atom stereocenters. The molecule has 0 aliphatic carbocycles. The van der Waals surface area contributed by atoms with Gasteiger partial charge in [0.15, 0.2) is 0 Å². The molecule has 0 bridgehead atoms. The maximum atomic E-state index is 2.51. The van der Waals surface area contributed by atoms with Gasteiger partial charge in [-0.15, -0.1) is 0 Å². The molecule has 3 aromatic carbocycles. The second kappa shape index (κ2) is 5.69. The predicted molar refractivity (Wildman–Crippen MR) is 92.2 cm³/mol. The molecule has 1 heterocycles. The molecular formula is C21H19N. The second-order valence-corrected chi connectivity index (χ2v) is 5.86. The maximum Gasteiger partial charge on any atom is 0.0628 e. The van der Waals surface area contributed by atoms with Gasteiger partial charge < -0.3 is 4.90 Å². The summed E-state index contributed by atoms with van der Waals surface area (Å²) in [5.74, 6) is 0.559. The summed E-state index contributed by atoms with van der Waals surface area (Å²) in [5.41, 5.74) is 4.14. The van der Waals surface area contributed by atoms with Crippen LogP contribution in [-0.2, 0) is 0 Å². The zero-order valence-corrected chi connectivity index (χ0v) is 12.5. The SMILES string of the molecule is c1ccc([C@H]2CN(c3ccccc3)[C@H]2c2ccccc2)cc1. The van der Waals surface area contributed by atoms with Gasteiger partial charge in [-0.3, -0.25) is 0 Å². The van der Waals surface area contributed by atoms with Crippen molar-refractivity contribution in [3.8, 4) is 0 Å². The number of benzene rings is 3. The summed E-state index contributed by atoms with van der Waals surface area (Å²) < 4.78 is 0. The summed E-state index contributed by atoms with van der Waals surface area (Å²) in [6.07, 6.45) is 0. The minimum atomic E-state index is 0.422. The van der Waals surface area contributed by atoms with E-state index in [1.807, 2.05) is 0 Å². The van der Waals surface area contributed by atoms with Gasteiger partial charge >= 0.3 is 0 Å². The largest absolute Gasteiger partial charge is 0.363 e. The highest BCUT2D eigenvalue weighted by Crippen LogP contribution is 2.47. The van der Waals surface area contributed by atoms with Crippen LogP contribution in [0.15, 0.2) is 91.0 Å². The smallest absolute Gasteiger partial charge is 0.0628 e. The Kier molecular flexibility index (Phi) is 3.40. The van der Waals surface area contributed by atoms with Gasteiger partial charge in [-0.2, -0.15) is 0 Å². The molecule has 1 nitrogen and oxygen atoms in total. The summed E-state index contributed by atoms with van der Waals surface area (Å²) in [7, 11) is 0. The summed E-state index contributed by atoms with van der Waals surface area (Å²) in [6, 6.07) is 32.9. The van der Waals surface area contributed by atoms with Crippen LogP contribution < -0.4 is 4.90 Å². The third kappa shape index (κ3) is 2.29. The van der Waals surface area contributed by atoms with Crippen LogP contribution >= 0.6 is 0 Å². The highest BCUT2D eigenvalue weighted by Gasteiger charge is 2.40. The Morgan fingerprint density at radius 2 is 1.09 bits per heavy atom. The van der Waals surface area contributed by atoms with Crippen LogP contribution in [0.3, 0.4) is 0 Å². The fraction of sp³-hybridized carbons (Fsp3) is 0.143. The van der Waals surface area contributed by atoms with Gasteiger partial charge in [0.1, 0.15) is 0 Å². The molecule has 3 aromatic rings. The molecule has 22 heavy (non-hydrogen) atoms. The first-order chi connectivity index (χ1) is 10.9. The zero-order valence-electron chi connectivity index (χ0n) is 12.5. The number of hydrogen-bond acceptors (Lipinski definition) is 1. The fourth-order valence-corrected chi connectivity index (χ4v) is 3.44. The van der Waals surface area contributed by atoms with E-state index in [1.165, 1.54) is 16.8 Å².